The molecule has 2 aromatic rings. The predicted molar refractivity (Wildman–Crippen MR) is 77.2 cm³/mol. The van der Waals surface area contributed by atoms with Gasteiger partial charge in [-0.15, -0.1) is 9.81 Å². The number of rotatable bonds is 6. The van der Waals surface area contributed by atoms with E-state index in [1.807, 2.05) is 0 Å². The molecule has 8 nitrogen and oxygen atoms in total. The Balaban J connectivity index is 0.00000200. The van der Waals surface area contributed by atoms with Gasteiger partial charge in [0, 0.05) is 29.6 Å². The SMILES string of the molecule is O=NNc1ccc(Sc2ccc(NN=O)cn2)nc1.[Na]. The molecule has 0 aliphatic carbocycles. The van der Waals surface area contributed by atoms with E-state index in [1.165, 1.54) is 24.2 Å². The molecule has 0 spiro atoms. The fourth-order valence-corrected chi connectivity index (χ4v) is 1.92. The molecule has 0 fully saturated rings. The average Bonchev–Trinajstić information content (AvgIpc) is 2.44. The Morgan fingerprint density at radius 3 is 1.60 bits per heavy atom. The van der Waals surface area contributed by atoms with Gasteiger partial charge in [0.1, 0.15) is 10.1 Å². The van der Waals surface area contributed by atoms with Crippen molar-refractivity contribution in [1.82, 2.24) is 9.97 Å². The van der Waals surface area contributed by atoms with Gasteiger partial charge in [0.15, 0.2) is 0 Å². The number of hydrogen-bond donors (Lipinski definition) is 2. The molecule has 0 atom stereocenters. The second kappa shape index (κ2) is 8.59. The molecule has 1 radical (unpaired) electrons. The van der Waals surface area contributed by atoms with Crippen LogP contribution in [0.25, 0.3) is 0 Å². The summed E-state index contributed by atoms with van der Waals surface area (Å²) >= 11 is 1.35. The van der Waals surface area contributed by atoms with Crippen molar-refractivity contribution < 1.29 is 0 Å². The van der Waals surface area contributed by atoms with Gasteiger partial charge in [-0.3, -0.25) is 0 Å². The van der Waals surface area contributed by atoms with Crippen LogP contribution < -0.4 is 10.9 Å². The quantitative estimate of drug-likeness (QED) is 0.479. The minimum Gasteiger partial charge on any atom is -0.247 e. The molecule has 0 amide bonds. The van der Waals surface area contributed by atoms with Gasteiger partial charge in [-0.1, -0.05) is 11.8 Å². The summed E-state index contributed by atoms with van der Waals surface area (Å²) < 4.78 is 0. The fourth-order valence-electron chi connectivity index (χ4n) is 1.23. The third kappa shape index (κ3) is 4.85. The van der Waals surface area contributed by atoms with Crippen molar-refractivity contribution >= 4 is 52.7 Å². The maximum absolute atomic E-state index is 10.00. The van der Waals surface area contributed by atoms with Crippen LogP contribution >= 0.6 is 11.8 Å². The summed E-state index contributed by atoms with van der Waals surface area (Å²) in [6.45, 7) is 0. The minimum absolute atomic E-state index is 0. The first-order valence-corrected chi connectivity index (χ1v) is 5.90. The largest absolute Gasteiger partial charge is 0.247 e. The van der Waals surface area contributed by atoms with Crippen LogP contribution in [0.2, 0.25) is 0 Å². The molecular formula is C10H8N6NaO2S. The second-order valence-electron chi connectivity index (χ2n) is 3.28. The molecule has 0 unspecified atom stereocenters. The first kappa shape index (κ1) is 16.5. The molecule has 0 saturated heterocycles. The molecular weight excluding hydrogens is 291 g/mol. The van der Waals surface area contributed by atoms with Gasteiger partial charge in [0.05, 0.1) is 34.3 Å². The summed E-state index contributed by atoms with van der Waals surface area (Å²) in [4.78, 5) is 28.2. The van der Waals surface area contributed by atoms with E-state index >= 15 is 0 Å². The van der Waals surface area contributed by atoms with Crippen molar-refractivity contribution in [2.24, 2.45) is 10.6 Å². The summed E-state index contributed by atoms with van der Waals surface area (Å²) in [5.74, 6) is 0. The zero-order valence-electron chi connectivity index (χ0n) is 10.5. The van der Waals surface area contributed by atoms with Crippen LogP contribution in [0, 0.1) is 9.81 Å². The van der Waals surface area contributed by atoms with Gasteiger partial charge in [0.2, 0.25) is 0 Å². The fraction of sp³-hybridized carbons (Fsp3) is 0. The number of nitrogens with one attached hydrogen (secondary N) is 2. The van der Waals surface area contributed by atoms with Crippen molar-refractivity contribution in [2.75, 3.05) is 10.9 Å². The van der Waals surface area contributed by atoms with Crippen LogP contribution in [0.5, 0.6) is 0 Å². The second-order valence-corrected chi connectivity index (χ2v) is 4.32. The number of nitroso groups, excluding NO2 is 2. The smallest absolute Gasteiger partial charge is 0.102 e. The van der Waals surface area contributed by atoms with Crippen LogP contribution in [-0.2, 0) is 0 Å². The first-order valence-electron chi connectivity index (χ1n) is 5.08. The number of hydrogen-bond acceptors (Lipinski definition) is 7. The summed E-state index contributed by atoms with van der Waals surface area (Å²) in [6, 6.07) is 6.84. The molecule has 0 aliphatic heterocycles. The van der Waals surface area contributed by atoms with Gasteiger partial charge >= 0.3 is 0 Å². The molecule has 2 heterocycles. The van der Waals surface area contributed by atoms with Crippen LogP contribution in [0.3, 0.4) is 0 Å². The summed E-state index contributed by atoms with van der Waals surface area (Å²) in [5, 5.41) is 6.53. The van der Waals surface area contributed by atoms with Crippen LogP contribution in [0.4, 0.5) is 11.4 Å². The predicted octanol–water partition coefficient (Wildman–Crippen LogP) is 2.43. The van der Waals surface area contributed by atoms with Crippen molar-refractivity contribution in [3.8, 4) is 0 Å². The first-order chi connectivity index (χ1) is 9.31. The van der Waals surface area contributed by atoms with Gasteiger partial charge in [-0.05, 0) is 24.3 Å². The van der Waals surface area contributed by atoms with Crippen LogP contribution in [0.15, 0.2) is 57.3 Å². The molecule has 10 heteroatoms. The van der Waals surface area contributed by atoms with Gasteiger partial charge in [-0.2, -0.15) is 0 Å². The maximum Gasteiger partial charge on any atom is 0.102 e. The average molecular weight is 299 g/mol. The molecule has 2 N–H and O–H groups in total. The molecule has 2 rings (SSSR count). The van der Waals surface area contributed by atoms with E-state index in [4.69, 9.17) is 0 Å². The summed E-state index contributed by atoms with van der Waals surface area (Å²) in [6.07, 6.45) is 2.99. The van der Waals surface area contributed by atoms with E-state index in [2.05, 4.69) is 31.4 Å². The molecule has 20 heavy (non-hydrogen) atoms. The van der Waals surface area contributed by atoms with Crippen molar-refractivity contribution in [2.45, 2.75) is 10.1 Å². The van der Waals surface area contributed by atoms with E-state index in [9.17, 15) is 9.81 Å². The molecule has 2 aromatic heterocycles. The Kier molecular flexibility index (Phi) is 7.09. The number of aromatic nitrogens is 2. The normalized spacial score (nSPS) is 9.20. The zero-order chi connectivity index (χ0) is 13.5. The number of nitrogens with zero attached hydrogens (tertiary/aromatic N) is 4. The monoisotopic (exact) mass is 299 g/mol. The van der Waals surface area contributed by atoms with Crippen molar-refractivity contribution in [3.05, 3.63) is 46.5 Å². The third-order valence-corrected chi connectivity index (χ3v) is 2.93. The Morgan fingerprint density at radius 1 is 0.850 bits per heavy atom. The third-order valence-electron chi connectivity index (χ3n) is 2.03. The zero-order valence-corrected chi connectivity index (χ0v) is 13.3. The van der Waals surface area contributed by atoms with E-state index < -0.39 is 0 Å². The molecule has 97 valence electrons. The van der Waals surface area contributed by atoms with Crippen LogP contribution in [-0.4, -0.2) is 39.5 Å². The summed E-state index contributed by atoms with van der Waals surface area (Å²) in [7, 11) is 0. The van der Waals surface area contributed by atoms with E-state index in [0.717, 1.165) is 10.1 Å². The minimum atomic E-state index is 0. The van der Waals surface area contributed by atoms with Gasteiger partial charge < -0.3 is 0 Å². The van der Waals surface area contributed by atoms with Crippen molar-refractivity contribution in [1.29, 1.82) is 0 Å². The standard InChI is InChI=1S/C10H8N6O2S.Na/c17-15-13-7-1-3-9(11-5-7)19-10-4-2-8(6-12-10)14-16-18;/h1-6H,(H,13,17)(H,14,18);. The van der Waals surface area contributed by atoms with Gasteiger partial charge in [0.25, 0.3) is 0 Å². The van der Waals surface area contributed by atoms with Gasteiger partial charge in [-0.25, -0.2) is 20.8 Å². The summed E-state index contributed by atoms with van der Waals surface area (Å²) in [5.41, 5.74) is 5.54. The maximum atomic E-state index is 10.00. The Bertz CT molecular complexity index is 513. The number of anilines is 2. The Labute approximate surface area is 140 Å². The Morgan fingerprint density at radius 2 is 1.30 bits per heavy atom. The van der Waals surface area contributed by atoms with Crippen LogP contribution in [0.1, 0.15) is 0 Å². The topological polar surface area (TPSA) is 109 Å². The van der Waals surface area contributed by atoms with E-state index in [0.29, 0.717) is 11.4 Å². The molecule has 0 bridgehead atoms. The molecule has 0 aromatic carbocycles. The van der Waals surface area contributed by atoms with E-state index in [-0.39, 0.29) is 29.6 Å². The number of pyridine rings is 2. The molecule has 0 saturated carbocycles. The van der Waals surface area contributed by atoms with E-state index in [1.54, 1.807) is 24.3 Å². The molecule has 0 aliphatic rings. The Hall–Kier alpha value is -1.55. The van der Waals surface area contributed by atoms with Crippen molar-refractivity contribution in [3.63, 3.8) is 0 Å².